The summed E-state index contributed by atoms with van der Waals surface area (Å²) >= 11 is 0. The van der Waals surface area contributed by atoms with Crippen LogP contribution in [0.1, 0.15) is 29.0 Å². The molecule has 1 aromatic carbocycles. The fourth-order valence-electron chi connectivity index (χ4n) is 2.63. The van der Waals surface area contributed by atoms with Crippen LogP contribution in [0.15, 0.2) is 18.2 Å². The molecular weight excluding hydrogens is 299 g/mol. The normalized spacial score (nSPS) is 22.2. The van der Waals surface area contributed by atoms with Crippen LogP contribution >= 0.6 is 0 Å². The molecule has 1 saturated heterocycles. The Bertz CT molecular complexity index is 545. The molecule has 0 spiro atoms. The van der Waals surface area contributed by atoms with Gasteiger partial charge in [-0.25, -0.2) is 4.79 Å². The predicted molar refractivity (Wildman–Crippen MR) is 73.7 cm³/mol. The number of alkyl halides is 3. The molecule has 22 heavy (non-hydrogen) atoms. The van der Waals surface area contributed by atoms with Crippen molar-refractivity contribution in [1.82, 2.24) is 5.32 Å². The number of benzene rings is 1. The Labute approximate surface area is 126 Å². The first kappa shape index (κ1) is 16.6. The van der Waals surface area contributed by atoms with Crippen molar-refractivity contribution < 1.29 is 27.4 Å². The number of rotatable bonds is 2. The largest absolute Gasteiger partial charge is 0.508 e. The third-order valence-corrected chi connectivity index (χ3v) is 3.78. The molecule has 2 rings (SSSR count). The molecule has 7 heteroatoms. The van der Waals surface area contributed by atoms with Crippen LogP contribution in [0.2, 0.25) is 0 Å². The molecule has 4 nitrogen and oxygen atoms in total. The second-order valence-corrected chi connectivity index (χ2v) is 5.36. The number of aryl methyl sites for hydroxylation is 1. The standard InChI is InChI=1S/C15H18F3NO3/c1-9-3-4-10(6-13(9)15(16,17)18)11-5-12(8-19-7-11)22-14(20)21-2/h3-4,6,11-12,19H,5,7-8H2,1-2H3. The van der Waals surface area contributed by atoms with Crippen molar-refractivity contribution in [2.45, 2.75) is 31.5 Å². The van der Waals surface area contributed by atoms with E-state index < -0.39 is 24.0 Å². The highest BCUT2D eigenvalue weighted by molar-refractivity contribution is 5.59. The van der Waals surface area contributed by atoms with Crippen molar-refractivity contribution in [3.63, 3.8) is 0 Å². The van der Waals surface area contributed by atoms with Gasteiger partial charge in [-0.05, 0) is 36.5 Å². The third-order valence-electron chi connectivity index (χ3n) is 3.78. The van der Waals surface area contributed by atoms with Crippen molar-refractivity contribution in [2.75, 3.05) is 20.2 Å². The topological polar surface area (TPSA) is 47.6 Å². The number of hydrogen-bond acceptors (Lipinski definition) is 4. The van der Waals surface area contributed by atoms with E-state index in [4.69, 9.17) is 4.74 Å². The number of carbonyl (C=O) groups is 1. The molecule has 0 aromatic heterocycles. The number of nitrogens with one attached hydrogen (secondary N) is 1. The van der Waals surface area contributed by atoms with Gasteiger partial charge >= 0.3 is 12.3 Å². The van der Waals surface area contributed by atoms with E-state index in [0.717, 1.165) is 0 Å². The molecule has 0 saturated carbocycles. The van der Waals surface area contributed by atoms with Crippen LogP contribution in [-0.4, -0.2) is 32.5 Å². The molecule has 1 fully saturated rings. The number of hydrogen-bond donors (Lipinski definition) is 1. The first-order valence-corrected chi connectivity index (χ1v) is 6.94. The molecular formula is C15H18F3NO3. The van der Waals surface area contributed by atoms with E-state index in [1.165, 1.54) is 26.2 Å². The van der Waals surface area contributed by atoms with Gasteiger partial charge < -0.3 is 14.8 Å². The lowest BCUT2D eigenvalue weighted by Gasteiger charge is -2.30. The van der Waals surface area contributed by atoms with E-state index in [9.17, 15) is 18.0 Å². The minimum absolute atomic E-state index is 0.148. The molecule has 1 heterocycles. The fourth-order valence-corrected chi connectivity index (χ4v) is 2.63. The van der Waals surface area contributed by atoms with Crippen LogP contribution in [0, 0.1) is 6.92 Å². The van der Waals surface area contributed by atoms with E-state index >= 15 is 0 Å². The minimum Gasteiger partial charge on any atom is -0.438 e. The summed E-state index contributed by atoms with van der Waals surface area (Å²) in [6.07, 6.45) is -5.11. The van der Waals surface area contributed by atoms with Crippen molar-refractivity contribution in [1.29, 1.82) is 0 Å². The quantitative estimate of drug-likeness (QED) is 0.851. The maximum Gasteiger partial charge on any atom is 0.508 e. The van der Waals surface area contributed by atoms with Gasteiger partial charge in [0.2, 0.25) is 0 Å². The van der Waals surface area contributed by atoms with E-state index in [1.807, 2.05) is 0 Å². The molecule has 2 atom stereocenters. The summed E-state index contributed by atoms with van der Waals surface area (Å²) in [4.78, 5) is 11.1. The second kappa shape index (κ2) is 6.56. The van der Waals surface area contributed by atoms with Gasteiger partial charge in [0.25, 0.3) is 0 Å². The third kappa shape index (κ3) is 3.91. The Hall–Kier alpha value is -1.76. The molecule has 0 amide bonds. The summed E-state index contributed by atoms with van der Waals surface area (Å²) in [5, 5.41) is 3.07. The zero-order chi connectivity index (χ0) is 16.3. The summed E-state index contributed by atoms with van der Waals surface area (Å²) in [5.41, 5.74) is 0.159. The summed E-state index contributed by atoms with van der Waals surface area (Å²) in [6, 6.07) is 4.35. The van der Waals surface area contributed by atoms with Gasteiger partial charge in [-0.2, -0.15) is 13.2 Å². The first-order chi connectivity index (χ1) is 10.3. The van der Waals surface area contributed by atoms with Crippen molar-refractivity contribution in [3.8, 4) is 0 Å². The van der Waals surface area contributed by atoms with Crippen molar-refractivity contribution >= 4 is 6.16 Å². The van der Waals surface area contributed by atoms with Crippen LogP contribution in [0.3, 0.4) is 0 Å². The molecule has 0 radical (unpaired) electrons. The average Bonchev–Trinajstić information content (AvgIpc) is 2.46. The number of methoxy groups -OCH3 is 1. The van der Waals surface area contributed by atoms with Crippen LogP contribution in [-0.2, 0) is 15.7 Å². The maximum atomic E-state index is 13.0. The Morgan fingerprint density at radius 2 is 2.05 bits per heavy atom. The fraction of sp³-hybridized carbons (Fsp3) is 0.533. The maximum absolute atomic E-state index is 13.0. The zero-order valence-electron chi connectivity index (χ0n) is 12.4. The molecule has 1 aromatic rings. The Kier molecular flexibility index (Phi) is 4.95. The highest BCUT2D eigenvalue weighted by atomic mass is 19.4. The minimum atomic E-state index is -4.37. The highest BCUT2D eigenvalue weighted by Gasteiger charge is 2.34. The summed E-state index contributed by atoms with van der Waals surface area (Å²) in [6.45, 7) is 2.44. The average molecular weight is 317 g/mol. The van der Waals surface area contributed by atoms with E-state index in [1.54, 1.807) is 6.07 Å². The van der Waals surface area contributed by atoms with Gasteiger partial charge in [-0.3, -0.25) is 0 Å². The lowest BCUT2D eigenvalue weighted by atomic mass is 9.88. The van der Waals surface area contributed by atoms with Gasteiger partial charge in [0.1, 0.15) is 6.10 Å². The Balaban J connectivity index is 2.16. The summed E-state index contributed by atoms with van der Waals surface area (Å²) in [7, 11) is 1.21. The summed E-state index contributed by atoms with van der Waals surface area (Å²) < 4.78 is 48.5. The molecule has 0 aliphatic carbocycles. The highest BCUT2D eigenvalue weighted by Crippen LogP contribution is 2.35. The van der Waals surface area contributed by atoms with E-state index in [0.29, 0.717) is 25.1 Å². The van der Waals surface area contributed by atoms with Crippen LogP contribution in [0.25, 0.3) is 0 Å². The van der Waals surface area contributed by atoms with Gasteiger partial charge in [0.15, 0.2) is 0 Å². The number of carbonyl (C=O) groups excluding carboxylic acids is 1. The van der Waals surface area contributed by atoms with Gasteiger partial charge in [-0.15, -0.1) is 0 Å². The lowest BCUT2D eigenvalue weighted by Crippen LogP contribution is -2.40. The number of ether oxygens (including phenoxy) is 2. The van der Waals surface area contributed by atoms with Gasteiger partial charge in [-0.1, -0.05) is 12.1 Å². The predicted octanol–water partition coefficient (Wildman–Crippen LogP) is 3.24. The second-order valence-electron chi connectivity index (χ2n) is 5.36. The number of halogens is 3. The van der Waals surface area contributed by atoms with Gasteiger partial charge in [0.05, 0.1) is 12.7 Å². The van der Waals surface area contributed by atoms with E-state index in [-0.39, 0.29) is 11.5 Å². The molecule has 1 aliphatic heterocycles. The van der Waals surface area contributed by atoms with Crippen LogP contribution in [0.5, 0.6) is 0 Å². The molecule has 2 unspecified atom stereocenters. The monoisotopic (exact) mass is 317 g/mol. The number of piperidine rings is 1. The lowest BCUT2D eigenvalue weighted by molar-refractivity contribution is -0.138. The summed E-state index contributed by atoms with van der Waals surface area (Å²) in [5.74, 6) is -0.148. The first-order valence-electron chi connectivity index (χ1n) is 6.94. The SMILES string of the molecule is COC(=O)OC1CNCC(c2ccc(C)c(C(F)(F)F)c2)C1. The smallest absolute Gasteiger partial charge is 0.438 e. The Morgan fingerprint density at radius 3 is 2.68 bits per heavy atom. The van der Waals surface area contributed by atoms with Crippen LogP contribution in [0.4, 0.5) is 18.0 Å². The van der Waals surface area contributed by atoms with Crippen molar-refractivity contribution in [2.24, 2.45) is 0 Å². The molecule has 0 bridgehead atoms. The Morgan fingerprint density at radius 1 is 1.32 bits per heavy atom. The molecule has 122 valence electrons. The molecule has 1 N–H and O–H groups in total. The van der Waals surface area contributed by atoms with Gasteiger partial charge in [0, 0.05) is 13.1 Å². The van der Waals surface area contributed by atoms with Crippen LogP contribution < -0.4 is 5.32 Å². The zero-order valence-corrected chi connectivity index (χ0v) is 12.4. The van der Waals surface area contributed by atoms with Crippen molar-refractivity contribution in [3.05, 3.63) is 34.9 Å². The molecule has 1 aliphatic rings. The van der Waals surface area contributed by atoms with E-state index in [2.05, 4.69) is 10.1 Å².